The molecule has 1 aliphatic rings. The number of nitrogens with one attached hydrogen (secondary N) is 1. The van der Waals surface area contributed by atoms with Gasteiger partial charge in [-0.3, -0.25) is 9.59 Å². The predicted molar refractivity (Wildman–Crippen MR) is 90.1 cm³/mol. The highest BCUT2D eigenvalue weighted by molar-refractivity contribution is 6.13. The first kappa shape index (κ1) is 18.4. The van der Waals surface area contributed by atoms with Gasteiger partial charge in [0, 0.05) is 17.8 Å². The highest BCUT2D eigenvalue weighted by atomic mass is 19.1. The first-order chi connectivity index (χ1) is 10.9. The van der Waals surface area contributed by atoms with Gasteiger partial charge in [-0.25, -0.2) is 4.39 Å². The number of carbonyl (C=O) groups excluding carboxylic acids is 1. The van der Waals surface area contributed by atoms with E-state index in [4.69, 9.17) is 0 Å². The minimum Gasteiger partial charge on any atom is -0.480 e. The van der Waals surface area contributed by atoms with Gasteiger partial charge in [-0.15, -0.1) is 0 Å². The van der Waals surface area contributed by atoms with Crippen molar-refractivity contribution in [1.82, 2.24) is 4.90 Å². The monoisotopic (exact) mass is 336 g/mol. The summed E-state index contributed by atoms with van der Waals surface area (Å²) < 4.78 is 14.1. The zero-order chi connectivity index (χ0) is 18.5. The number of carboxylic acid groups (broad SMARTS) is 1. The van der Waals surface area contributed by atoms with Crippen LogP contribution in [0.4, 0.5) is 10.1 Å². The summed E-state index contributed by atoms with van der Waals surface area (Å²) in [4.78, 5) is 26.4. The molecule has 1 aromatic carbocycles. The maximum atomic E-state index is 14.1. The molecule has 0 aliphatic heterocycles. The number of benzene rings is 1. The van der Waals surface area contributed by atoms with E-state index < -0.39 is 33.9 Å². The second-order valence-electron chi connectivity index (χ2n) is 7.80. The van der Waals surface area contributed by atoms with Crippen LogP contribution in [-0.4, -0.2) is 36.0 Å². The van der Waals surface area contributed by atoms with E-state index in [9.17, 15) is 19.1 Å². The molecule has 2 rings (SSSR count). The molecule has 0 aromatic heterocycles. The third-order valence-corrected chi connectivity index (χ3v) is 5.83. The fourth-order valence-corrected chi connectivity index (χ4v) is 3.83. The van der Waals surface area contributed by atoms with Crippen LogP contribution in [0.15, 0.2) is 18.2 Å². The molecule has 1 saturated carbocycles. The van der Waals surface area contributed by atoms with E-state index in [-0.39, 0.29) is 5.69 Å². The molecule has 0 heterocycles. The highest BCUT2D eigenvalue weighted by Gasteiger charge is 2.85. The number of halogens is 1. The summed E-state index contributed by atoms with van der Waals surface area (Å²) in [7, 11) is 3.67. The summed E-state index contributed by atoms with van der Waals surface area (Å²) in [5.74, 6) is -2.19. The van der Waals surface area contributed by atoms with Crippen molar-refractivity contribution in [2.24, 2.45) is 16.2 Å². The van der Waals surface area contributed by atoms with Gasteiger partial charge >= 0.3 is 5.97 Å². The number of nitrogens with zero attached hydrogens (tertiary/aromatic N) is 1. The van der Waals surface area contributed by atoms with Gasteiger partial charge in [0.25, 0.3) is 0 Å². The third-order valence-electron chi connectivity index (χ3n) is 5.83. The van der Waals surface area contributed by atoms with Crippen molar-refractivity contribution in [2.45, 2.75) is 34.2 Å². The summed E-state index contributed by atoms with van der Waals surface area (Å²) in [5, 5.41) is 12.3. The first-order valence-electron chi connectivity index (χ1n) is 7.87. The molecule has 2 N–H and O–H groups in total. The number of carboxylic acids is 1. The third kappa shape index (κ3) is 2.32. The number of carbonyl (C=O) groups is 2. The van der Waals surface area contributed by atoms with Crippen molar-refractivity contribution in [1.29, 1.82) is 0 Å². The fraction of sp³-hybridized carbons (Fsp3) is 0.556. The Morgan fingerprint density at radius 1 is 1.17 bits per heavy atom. The minimum absolute atomic E-state index is 0.263. The Bertz CT molecular complexity index is 682. The standard InChI is InChI=1S/C18H25FN2O3/c1-16(2)17(3,4)18(16,15(23)24)14(22)20-12-8-7-11(10-21(5)6)13(19)9-12/h7-9H,10H2,1-6H3,(H,20,22)(H,23,24). The van der Waals surface area contributed by atoms with Crippen LogP contribution < -0.4 is 5.32 Å². The molecule has 1 aromatic rings. The lowest BCUT2D eigenvalue weighted by Gasteiger charge is -2.17. The van der Waals surface area contributed by atoms with Gasteiger partial charge in [0.15, 0.2) is 5.41 Å². The summed E-state index contributed by atoms with van der Waals surface area (Å²) in [6.07, 6.45) is 0. The molecule has 5 nitrogen and oxygen atoms in total. The van der Waals surface area contributed by atoms with E-state index >= 15 is 0 Å². The van der Waals surface area contributed by atoms with Gasteiger partial charge in [0.2, 0.25) is 5.91 Å². The summed E-state index contributed by atoms with van der Waals surface area (Å²) in [6, 6.07) is 4.42. The van der Waals surface area contributed by atoms with Gasteiger partial charge in [-0.2, -0.15) is 0 Å². The number of hydrogen-bond donors (Lipinski definition) is 2. The second-order valence-corrected chi connectivity index (χ2v) is 7.80. The average Bonchev–Trinajstić information content (AvgIpc) is 2.78. The molecule has 6 heteroatoms. The fourth-order valence-electron chi connectivity index (χ4n) is 3.83. The highest BCUT2D eigenvalue weighted by Crippen LogP contribution is 2.78. The van der Waals surface area contributed by atoms with Crippen LogP contribution in [0, 0.1) is 22.1 Å². The van der Waals surface area contributed by atoms with Crippen molar-refractivity contribution < 1.29 is 19.1 Å². The lowest BCUT2D eigenvalue weighted by molar-refractivity contribution is -0.150. The Hall–Kier alpha value is -1.95. The summed E-state index contributed by atoms with van der Waals surface area (Å²) in [5.41, 5.74) is -2.14. The summed E-state index contributed by atoms with van der Waals surface area (Å²) in [6.45, 7) is 7.51. The van der Waals surface area contributed by atoms with Gasteiger partial charge in [-0.05, 0) is 37.1 Å². The largest absolute Gasteiger partial charge is 0.480 e. The lowest BCUT2D eigenvalue weighted by atomic mass is 9.93. The van der Waals surface area contributed by atoms with Crippen molar-refractivity contribution in [3.05, 3.63) is 29.6 Å². The second kappa shape index (κ2) is 5.55. The first-order valence-corrected chi connectivity index (χ1v) is 7.87. The number of aliphatic carboxylic acids is 1. The molecule has 0 saturated heterocycles. The molecule has 1 amide bonds. The van der Waals surface area contributed by atoms with E-state index in [1.807, 2.05) is 19.0 Å². The molecular formula is C18H25FN2O3. The average molecular weight is 336 g/mol. The van der Waals surface area contributed by atoms with E-state index in [1.165, 1.54) is 6.07 Å². The Kier molecular flexibility index (Phi) is 4.25. The lowest BCUT2D eigenvalue weighted by Crippen LogP contribution is -2.37. The molecule has 132 valence electrons. The SMILES string of the molecule is CN(C)Cc1ccc(NC(=O)C2(C(=O)O)C(C)(C)C2(C)C)cc1F. The molecule has 1 fully saturated rings. The van der Waals surface area contributed by atoms with Crippen LogP contribution in [-0.2, 0) is 16.1 Å². The van der Waals surface area contributed by atoms with Crippen LogP contribution in [0.5, 0.6) is 0 Å². The van der Waals surface area contributed by atoms with Crippen molar-refractivity contribution in [3.63, 3.8) is 0 Å². The molecular weight excluding hydrogens is 311 g/mol. The van der Waals surface area contributed by atoms with E-state index in [0.717, 1.165) is 0 Å². The Balaban J connectivity index is 2.27. The van der Waals surface area contributed by atoms with Gasteiger partial charge in [0.05, 0.1) is 0 Å². The number of amides is 1. The van der Waals surface area contributed by atoms with Crippen molar-refractivity contribution in [2.75, 3.05) is 19.4 Å². The van der Waals surface area contributed by atoms with Crippen LogP contribution in [0.2, 0.25) is 0 Å². The Labute approximate surface area is 141 Å². The molecule has 24 heavy (non-hydrogen) atoms. The van der Waals surface area contributed by atoms with E-state index in [1.54, 1.807) is 39.8 Å². The van der Waals surface area contributed by atoms with Crippen molar-refractivity contribution >= 4 is 17.6 Å². The number of hydrogen-bond acceptors (Lipinski definition) is 3. The van der Waals surface area contributed by atoms with Crippen LogP contribution in [0.3, 0.4) is 0 Å². The Morgan fingerprint density at radius 3 is 2.08 bits per heavy atom. The minimum atomic E-state index is -1.53. The van der Waals surface area contributed by atoms with Crippen molar-refractivity contribution in [3.8, 4) is 0 Å². The molecule has 0 atom stereocenters. The van der Waals surface area contributed by atoms with Crippen LogP contribution in [0.25, 0.3) is 0 Å². The Morgan fingerprint density at radius 2 is 1.71 bits per heavy atom. The topological polar surface area (TPSA) is 69.6 Å². The van der Waals surface area contributed by atoms with Gasteiger partial charge in [-0.1, -0.05) is 33.8 Å². The van der Waals surface area contributed by atoms with Gasteiger partial charge in [0.1, 0.15) is 5.82 Å². The van der Waals surface area contributed by atoms with E-state index in [2.05, 4.69) is 5.32 Å². The molecule has 0 bridgehead atoms. The summed E-state index contributed by atoms with van der Waals surface area (Å²) >= 11 is 0. The predicted octanol–water partition coefficient (Wildman–Crippen LogP) is 2.96. The zero-order valence-corrected chi connectivity index (χ0v) is 15.0. The smallest absolute Gasteiger partial charge is 0.320 e. The molecule has 1 aliphatic carbocycles. The molecule has 0 spiro atoms. The van der Waals surface area contributed by atoms with Gasteiger partial charge < -0.3 is 15.3 Å². The maximum absolute atomic E-state index is 14.1. The zero-order valence-electron chi connectivity index (χ0n) is 15.0. The van der Waals surface area contributed by atoms with Crippen LogP contribution >= 0.6 is 0 Å². The molecule has 0 radical (unpaired) electrons. The number of rotatable bonds is 5. The number of anilines is 1. The quantitative estimate of drug-likeness (QED) is 0.811. The normalized spacial score (nSPS) is 19.8. The van der Waals surface area contributed by atoms with E-state index in [0.29, 0.717) is 12.1 Å². The molecule has 0 unspecified atom stereocenters. The van der Waals surface area contributed by atoms with Crippen LogP contribution in [0.1, 0.15) is 33.3 Å². The maximum Gasteiger partial charge on any atom is 0.320 e.